The van der Waals surface area contributed by atoms with Gasteiger partial charge in [0, 0.05) is 111 Å². The second-order valence-electron chi connectivity index (χ2n) is 14.6. The van der Waals surface area contributed by atoms with Gasteiger partial charge in [-0.05, 0) is 146 Å². The van der Waals surface area contributed by atoms with Gasteiger partial charge in [-0.25, -0.2) is 0 Å². The SMILES string of the molecule is O.O.O.[Co+3].[Co+3].[O-2].[O-2].[O-2].[O-2].[O-2].[O-2].[O-2].[O-2].[O-2].[O-2].[O-2].[O-2].[OH3+].[OH3+].[OH3+].[OH3+].[OH3+].[OH3+].[OH3+].[OH3+].[V+2].[V+2].[V].[V].c1ccc(-c2ccccn2)nc1.c1ccc(-c2ccccn2)nc1.c1ccc(-c2ccccn2)nc1.c1ccc(-c2ccccn2)nc1.c1ccc(-c2ccccn2)nc1.c1ccc(-c2ccccn2)nc1. The van der Waals surface area contributed by atoms with Gasteiger partial charge in [-0.2, -0.15) is 0 Å². The van der Waals surface area contributed by atoms with E-state index in [4.69, 9.17) is 0 Å². The summed E-state index contributed by atoms with van der Waals surface area (Å²) in [6.45, 7) is 0. The van der Waals surface area contributed by atoms with Crippen molar-refractivity contribution in [3.8, 4) is 68.3 Å². The molecule has 30 N–H and O–H groups in total. The molecule has 0 aliphatic rings. The molecule has 0 amide bonds. The molecule has 0 fully saturated rings. The van der Waals surface area contributed by atoms with Crippen LogP contribution in [0, 0.1) is 0 Å². The van der Waals surface area contributed by atoms with Crippen LogP contribution in [-0.4, -0.2) is 76.2 Å². The van der Waals surface area contributed by atoms with Crippen molar-refractivity contribution in [2.75, 3.05) is 0 Å². The van der Waals surface area contributed by atoms with Crippen LogP contribution in [0.4, 0.5) is 0 Å². The Bertz CT molecular complexity index is 2530. The summed E-state index contributed by atoms with van der Waals surface area (Å²) in [5.74, 6) is 0. The number of hydrogen-bond donors (Lipinski definition) is 0. The molecule has 0 spiro atoms. The number of pyridine rings is 12. The van der Waals surface area contributed by atoms with Crippen molar-refractivity contribution < 1.29 is 234 Å². The third-order valence-electron chi connectivity index (χ3n) is 9.55. The zero-order valence-electron chi connectivity index (χ0n) is 52.6. The topological polar surface area (TPSA) is 855 Å². The Kier molecular flexibility index (Phi) is 157. The Morgan fingerprint density at radius 3 is 0.238 bits per heavy atom. The van der Waals surface area contributed by atoms with Gasteiger partial charge in [0.25, 0.3) is 0 Å². The van der Waals surface area contributed by atoms with Crippen LogP contribution in [0.3, 0.4) is 0 Å². The van der Waals surface area contributed by atoms with Crippen molar-refractivity contribution in [2.24, 2.45) is 0 Å². The maximum Gasteiger partial charge on any atom is 3.00 e. The monoisotopic (exact) mass is 1660 g/mol. The standard InChI is InChI=1S/6C10H8N2.2Co.11H2O.12O.4V/c6*1-3-7-11-9(5-1)10-6-2-4-8-12-10;;;;;;;;;;;;;;;;;;;;;;;;;;;;;/h6*1-8H;;;11*1H2;;;;;;;;;;;;;;;;/q;;;;;;2*+3;;;;;;;;;;;;12*-2;;;2*+2/p+8. The summed E-state index contributed by atoms with van der Waals surface area (Å²) in [6.07, 6.45) is 21.2. The van der Waals surface area contributed by atoms with E-state index in [-0.39, 0.29) is 234 Å². The van der Waals surface area contributed by atoms with Gasteiger partial charge in [0.2, 0.25) is 0 Å². The average Bonchev–Trinajstić information content (AvgIpc) is 0.955. The Balaban J connectivity index is -0.0000000326. The Labute approximate surface area is 649 Å². The van der Waals surface area contributed by atoms with Gasteiger partial charge in [-0.1, -0.05) is 72.8 Å². The quantitative estimate of drug-likeness (QED) is 0.214. The van der Waals surface area contributed by atoms with Crippen LogP contribution in [0.15, 0.2) is 293 Å². The van der Waals surface area contributed by atoms with Crippen molar-refractivity contribution in [3.63, 3.8) is 0 Å². The third kappa shape index (κ3) is 59.6. The predicted octanol–water partition coefficient (Wildman–Crippen LogP) is 1.57. The second-order valence-corrected chi connectivity index (χ2v) is 14.6. The molecule has 0 atom stereocenters. The van der Waals surface area contributed by atoms with E-state index in [1.807, 2.05) is 218 Å². The first-order chi connectivity index (χ1) is 35.8. The summed E-state index contributed by atoms with van der Waals surface area (Å²) in [5.41, 5.74) is 11.0. The molecule has 12 aromatic rings. The maximum atomic E-state index is 4.19. The van der Waals surface area contributed by atoms with E-state index < -0.39 is 0 Å². The molecular formula is C60H78Co2N12O23V4-6. The molecule has 12 aromatic heterocycles. The first-order valence-corrected chi connectivity index (χ1v) is 22.7. The summed E-state index contributed by atoms with van der Waals surface area (Å²) in [6, 6.07) is 69.6. The average molecular weight is 1660 g/mol. The molecule has 0 saturated carbocycles. The van der Waals surface area contributed by atoms with Crippen LogP contribution in [-0.2, 0) is 217 Å². The van der Waals surface area contributed by atoms with Gasteiger partial charge in [-0.3, -0.25) is 59.8 Å². The van der Waals surface area contributed by atoms with Crippen LogP contribution < -0.4 is 0 Å². The predicted molar refractivity (Wildman–Crippen MR) is 343 cm³/mol. The van der Waals surface area contributed by atoms with Gasteiger partial charge in [0.05, 0.1) is 68.3 Å². The van der Waals surface area contributed by atoms with Crippen molar-refractivity contribution in [2.45, 2.75) is 0 Å². The van der Waals surface area contributed by atoms with Crippen LogP contribution in [0.25, 0.3) is 68.3 Å². The summed E-state index contributed by atoms with van der Waals surface area (Å²) in [5, 5.41) is 0. The van der Waals surface area contributed by atoms with Crippen LogP contribution in [0.1, 0.15) is 0 Å². The molecule has 12 heterocycles. The van der Waals surface area contributed by atoms with Crippen molar-refractivity contribution >= 4 is 0 Å². The number of aromatic nitrogens is 12. The zero-order chi connectivity index (χ0) is 49.4. The van der Waals surface area contributed by atoms with E-state index in [1.165, 1.54) is 0 Å². The van der Waals surface area contributed by atoms with Gasteiger partial charge >= 0.3 is 70.7 Å². The number of hydrogen-bond acceptors (Lipinski definition) is 12. The van der Waals surface area contributed by atoms with Crippen LogP contribution >= 0.6 is 0 Å². The molecule has 35 nitrogen and oxygen atoms in total. The molecular weight excluding hydrogens is 1580 g/mol. The van der Waals surface area contributed by atoms with E-state index in [0.717, 1.165) is 68.3 Å². The van der Waals surface area contributed by atoms with Crippen LogP contribution in [0.2, 0.25) is 0 Å². The third-order valence-corrected chi connectivity index (χ3v) is 9.55. The first-order valence-electron chi connectivity index (χ1n) is 22.7. The van der Waals surface area contributed by atoms with Gasteiger partial charge in [0.1, 0.15) is 0 Å². The first kappa shape index (κ1) is 161. The molecule has 41 heteroatoms. The second kappa shape index (κ2) is 98.6. The molecule has 560 valence electrons. The largest absolute Gasteiger partial charge is 3.00 e. The summed E-state index contributed by atoms with van der Waals surface area (Å²) in [7, 11) is 0. The fourth-order valence-corrected chi connectivity index (χ4v) is 6.17. The molecule has 4 radical (unpaired) electrons. The van der Waals surface area contributed by atoms with Crippen LogP contribution in [0.5, 0.6) is 0 Å². The van der Waals surface area contributed by atoms with Crippen molar-refractivity contribution in [1.29, 1.82) is 0 Å². The minimum Gasteiger partial charge on any atom is -2.00 e. The molecule has 0 aliphatic heterocycles. The Hall–Kier alpha value is -7.77. The summed E-state index contributed by atoms with van der Waals surface area (Å²) >= 11 is 0. The number of nitrogens with zero attached hydrogens (tertiary/aromatic N) is 12. The molecule has 0 bridgehead atoms. The van der Waals surface area contributed by atoms with E-state index in [0.29, 0.717) is 0 Å². The number of rotatable bonds is 6. The zero-order valence-corrected chi connectivity index (χ0v) is 60.2. The minimum atomic E-state index is 0. The molecule has 12 rings (SSSR count). The normalized spacial score (nSPS) is 6.89. The summed E-state index contributed by atoms with van der Waals surface area (Å²) < 4.78 is 0. The van der Waals surface area contributed by atoms with Gasteiger partial charge in [0.15, 0.2) is 0 Å². The Morgan fingerprint density at radius 1 is 0.139 bits per heavy atom. The van der Waals surface area contributed by atoms with E-state index >= 15 is 0 Å². The van der Waals surface area contributed by atoms with E-state index in [2.05, 4.69) is 59.8 Å². The van der Waals surface area contributed by atoms with Crippen molar-refractivity contribution in [3.05, 3.63) is 293 Å². The fourth-order valence-electron chi connectivity index (χ4n) is 6.17. The van der Waals surface area contributed by atoms with E-state index in [9.17, 15) is 0 Å². The van der Waals surface area contributed by atoms with Gasteiger partial charge in [-0.15, -0.1) is 0 Å². The van der Waals surface area contributed by atoms with E-state index in [1.54, 1.807) is 74.4 Å². The fraction of sp³-hybridized carbons (Fsp3) is 0. The smallest absolute Gasteiger partial charge is 2.00 e. The molecule has 0 aromatic carbocycles. The Morgan fingerprint density at radius 2 is 0.198 bits per heavy atom. The van der Waals surface area contributed by atoms with Gasteiger partial charge < -0.3 is 126 Å². The molecule has 0 saturated heterocycles. The minimum absolute atomic E-state index is 0. The maximum absolute atomic E-state index is 4.19. The molecule has 0 aliphatic carbocycles. The summed E-state index contributed by atoms with van der Waals surface area (Å²) in [4.78, 5) is 50.2. The van der Waals surface area contributed by atoms with Crippen molar-refractivity contribution in [1.82, 2.24) is 59.8 Å². The molecule has 101 heavy (non-hydrogen) atoms. The molecule has 0 unspecified atom stereocenters.